The number of aromatic nitrogens is 2. The zero-order valence-electron chi connectivity index (χ0n) is 9.43. The van der Waals surface area contributed by atoms with Gasteiger partial charge in [0.15, 0.2) is 0 Å². The molecule has 0 aliphatic rings. The Morgan fingerprint density at radius 1 is 1.41 bits per heavy atom. The summed E-state index contributed by atoms with van der Waals surface area (Å²) in [5.41, 5.74) is 1.81. The third-order valence-corrected chi connectivity index (χ3v) is 3.83. The van der Waals surface area contributed by atoms with E-state index in [1.807, 2.05) is 31.2 Å². The molecule has 1 heterocycles. The van der Waals surface area contributed by atoms with E-state index in [-0.39, 0.29) is 0 Å². The molecule has 1 aromatic heterocycles. The van der Waals surface area contributed by atoms with Crippen LogP contribution in [-0.2, 0) is 12.8 Å². The molecule has 90 valence electrons. The second kappa shape index (κ2) is 5.58. The van der Waals surface area contributed by atoms with Crippen LogP contribution in [0.15, 0.2) is 24.3 Å². The van der Waals surface area contributed by atoms with Gasteiger partial charge in [-0.2, -0.15) is 0 Å². The van der Waals surface area contributed by atoms with Crippen molar-refractivity contribution in [3.05, 3.63) is 45.4 Å². The Kier molecular flexibility index (Phi) is 4.10. The predicted molar refractivity (Wildman–Crippen MR) is 69.4 cm³/mol. The number of aryl methyl sites for hydroxylation is 1. The first-order chi connectivity index (χ1) is 8.22. The number of aliphatic hydroxyl groups is 1. The van der Waals surface area contributed by atoms with Gasteiger partial charge < -0.3 is 5.11 Å². The summed E-state index contributed by atoms with van der Waals surface area (Å²) in [5, 5.41) is 14.8. The summed E-state index contributed by atoms with van der Waals surface area (Å²) in [7, 11) is 0. The van der Waals surface area contributed by atoms with Crippen LogP contribution in [0, 0.1) is 0 Å². The summed E-state index contributed by atoms with van der Waals surface area (Å²) in [5.74, 6) is 0. The number of hydrogen-bond donors (Lipinski definition) is 1. The topological polar surface area (TPSA) is 46.0 Å². The highest BCUT2D eigenvalue weighted by molar-refractivity contribution is 7.05. The molecule has 0 saturated heterocycles. The summed E-state index contributed by atoms with van der Waals surface area (Å²) in [6, 6.07) is 7.55. The molecule has 0 aliphatic heterocycles. The maximum absolute atomic E-state index is 10.2. The van der Waals surface area contributed by atoms with Gasteiger partial charge >= 0.3 is 0 Å². The van der Waals surface area contributed by atoms with Gasteiger partial charge in [-0.15, -0.1) is 5.10 Å². The van der Waals surface area contributed by atoms with Gasteiger partial charge in [-0.1, -0.05) is 41.2 Å². The molecule has 1 aromatic carbocycles. The van der Waals surface area contributed by atoms with Crippen molar-refractivity contribution >= 4 is 23.1 Å². The minimum Gasteiger partial charge on any atom is -0.387 e. The third-order valence-electron chi connectivity index (χ3n) is 2.59. The van der Waals surface area contributed by atoms with Crippen LogP contribution in [0.25, 0.3) is 0 Å². The molecule has 17 heavy (non-hydrogen) atoms. The van der Waals surface area contributed by atoms with Gasteiger partial charge in [0.05, 0.1) is 16.7 Å². The van der Waals surface area contributed by atoms with E-state index in [2.05, 4.69) is 9.59 Å². The molecule has 3 nitrogen and oxygen atoms in total. The fourth-order valence-electron chi connectivity index (χ4n) is 1.68. The number of halogens is 1. The second-order valence-corrected chi connectivity index (χ2v) is 4.94. The normalized spacial score (nSPS) is 12.6. The fourth-order valence-corrected chi connectivity index (χ4v) is 2.61. The molecule has 1 unspecified atom stereocenters. The van der Waals surface area contributed by atoms with Gasteiger partial charge in [-0.3, -0.25) is 0 Å². The maximum Gasteiger partial charge on any atom is 0.0957 e. The molecule has 0 amide bonds. The summed E-state index contributed by atoms with van der Waals surface area (Å²) >= 11 is 7.32. The van der Waals surface area contributed by atoms with Crippen LogP contribution >= 0.6 is 23.1 Å². The van der Waals surface area contributed by atoms with Gasteiger partial charge in [0.25, 0.3) is 0 Å². The van der Waals surface area contributed by atoms with Gasteiger partial charge in [0.1, 0.15) is 0 Å². The van der Waals surface area contributed by atoms with Gasteiger partial charge in [0.2, 0.25) is 0 Å². The van der Waals surface area contributed by atoms with Crippen molar-refractivity contribution < 1.29 is 5.11 Å². The van der Waals surface area contributed by atoms with E-state index in [0.717, 1.165) is 22.6 Å². The maximum atomic E-state index is 10.2. The van der Waals surface area contributed by atoms with Crippen molar-refractivity contribution in [3.63, 3.8) is 0 Å². The molecular weight excluding hydrogens is 256 g/mol. The average molecular weight is 269 g/mol. The summed E-state index contributed by atoms with van der Waals surface area (Å²) in [6.45, 7) is 2.00. The number of aliphatic hydroxyl groups excluding tert-OH is 1. The van der Waals surface area contributed by atoms with Crippen molar-refractivity contribution in [3.8, 4) is 0 Å². The molecule has 0 spiro atoms. The van der Waals surface area contributed by atoms with E-state index in [0.29, 0.717) is 11.4 Å². The third kappa shape index (κ3) is 2.83. The van der Waals surface area contributed by atoms with Crippen molar-refractivity contribution in [2.75, 3.05) is 0 Å². The van der Waals surface area contributed by atoms with E-state index in [4.69, 9.17) is 11.6 Å². The summed E-state index contributed by atoms with van der Waals surface area (Å²) < 4.78 is 3.88. The molecule has 1 atom stereocenters. The van der Waals surface area contributed by atoms with Crippen LogP contribution in [0.3, 0.4) is 0 Å². The average Bonchev–Trinajstić information content (AvgIpc) is 2.80. The van der Waals surface area contributed by atoms with Crippen molar-refractivity contribution in [1.82, 2.24) is 9.59 Å². The van der Waals surface area contributed by atoms with Crippen LogP contribution in [0.4, 0.5) is 0 Å². The van der Waals surface area contributed by atoms with Crippen molar-refractivity contribution in [1.29, 1.82) is 0 Å². The first kappa shape index (κ1) is 12.5. The molecule has 2 rings (SSSR count). The number of benzene rings is 1. The van der Waals surface area contributed by atoms with Crippen molar-refractivity contribution in [2.24, 2.45) is 0 Å². The molecule has 0 bridgehead atoms. The van der Waals surface area contributed by atoms with Crippen molar-refractivity contribution in [2.45, 2.75) is 25.9 Å². The van der Waals surface area contributed by atoms with E-state index in [1.165, 1.54) is 11.5 Å². The quantitative estimate of drug-likeness (QED) is 0.927. The molecule has 5 heteroatoms. The zero-order valence-corrected chi connectivity index (χ0v) is 11.0. The highest BCUT2D eigenvalue weighted by Gasteiger charge is 2.17. The van der Waals surface area contributed by atoms with Crippen LogP contribution in [-0.4, -0.2) is 14.7 Å². The van der Waals surface area contributed by atoms with E-state index >= 15 is 0 Å². The van der Waals surface area contributed by atoms with E-state index in [1.54, 1.807) is 0 Å². The minimum absolute atomic E-state index is 0.497. The SMILES string of the molecule is CCc1nnsc1C(O)Cc1ccccc1Cl. The Morgan fingerprint density at radius 3 is 2.88 bits per heavy atom. The Bertz CT molecular complexity index is 501. The van der Waals surface area contributed by atoms with Crippen LogP contribution in [0.1, 0.15) is 29.2 Å². The highest BCUT2D eigenvalue weighted by atomic mass is 35.5. The largest absolute Gasteiger partial charge is 0.387 e. The van der Waals surface area contributed by atoms with Gasteiger partial charge in [0, 0.05) is 11.4 Å². The lowest BCUT2D eigenvalue weighted by atomic mass is 10.1. The number of hydrogen-bond acceptors (Lipinski definition) is 4. The first-order valence-corrected chi connectivity index (χ1v) is 6.60. The molecule has 0 fully saturated rings. The lowest BCUT2D eigenvalue weighted by Gasteiger charge is -2.10. The Morgan fingerprint density at radius 2 is 2.18 bits per heavy atom. The van der Waals surface area contributed by atoms with Crippen LogP contribution in [0.2, 0.25) is 5.02 Å². The zero-order chi connectivity index (χ0) is 12.3. The van der Waals surface area contributed by atoms with E-state index in [9.17, 15) is 5.11 Å². The van der Waals surface area contributed by atoms with Gasteiger partial charge in [-0.05, 0) is 29.6 Å². The minimum atomic E-state index is -0.579. The second-order valence-electron chi connectivity index (χ2n) is 3.75. The summed E-state index contributed by atoms with van der Waals surface area (Å²) in [6.07, 6.45) is 0.701. The van der Waals surface area contributed by atoms with Gasteiger partial charge in [-0.25, -0.2) is 0 Å². The summed E-state index contributed by atoms with van der Waals surface area (Å²) in [4.78, 5) is 0.840. The molecule has 0 aliphatic carbocycles. The Balaban J connectivity index is 2.17. The molecular formula is C12H13ClN2OS. The lowest BCUT2D eigenvalue weighted by molar-refractivity contribution is 0.181. The lowest BCUT2D eigenvalue weighted by Crippen LogP contribution is -2.03. The number of rotatable bonds is 4. The van der Waals surface area contributed by atoms with Crippen LogP contribution in [0.5, 0.6) is 0 Å². The van der Waals surface area contributed by atoms with E-state index < -0.39 is 6.10 Å². The predicted octanol–water partition coefficient (Wildman–Crippen LogP) is 3.03. The fraction of sp³-hybridized carbons (Fsp3) is 0.333. The standard InChI is InChI=1S/C12H13ClN2OS/c1-2-10-12(17-15-14-10)11(16)7-8-5-3-4-6-9(8)13/h3-6,11,16H,2,7H2,1H3. The molecule has 0 radical (unpaired) electrons. The van der Waals surface area contributed by atoms with Crippen LogP contribution < -0.4 is 0 Å². The highest BCUT2D eigenvalue weighted by Crippen LogP contribution is 2.27. The Hall–Kier alpha value is -0.970. The monoisotopic (exact) mass is 268 g/mol. The molecule has 1 N–H and O–H groups in total. The molecule has 2 aromatic rings. The Labute approximate surface area is 109 Å². The number of nitrogens with zero attached hydrogens (tertiary/aromatic N) is 2. The molecule has 0 saturated carbocycles. The smallest absolute Gasteiger partial charge is 0.0957 e. The first-order valence-electron chi connectivity index (χ1n) is 5.45.